The number of carbonyl (C=O) groups excluding carboxylic acids is 1. The molecule has 0 aromatic heterocycles. The van der Waals surface area contributed by atoms with Crippen molar-refractivity contribution in [3.8, 4) is 0 Å². The van der Waals surface area contributed by atoms with Crippen molar-refractivity contribution in [3.05, 3.63) is 11.8 Å². The van der Waals surface area contributed by atoms with Crippen molar-refractivity contribution in [1.82, 2.24) is 4.90 Å². The van der Waals surface area contributed by atoms with Crippen LogP contribution in [0.15, 0.2) is 11.8 Å². The molecule has 4 heteroatoms. The second-order valence-corrected chi connectivity index (χ2v) is 2.89. The summed E-state index contributed by atoms with van der Waals surface area (Å²) in [6, 6.07) is 0. The number of carbonyl (C=O) groups is 1. The summed E-state index contributed by atoms with van der Waals surface area (Å²) >= 11 is 0. The van der Waals surface area contributed by atoms with Gasteiger partial charge in [0.15, 0.2) is 6.23 Å². The van der Waals surface area contributed by atoms with Crippen molar-refractivity contribution >= 4 is 5.97 Å². The summed E-state index contributed by atoms with van der Waals surface area (Å²) < 4.78 is 4.95. The highest BCUT2D eigenvalue weighted by Gasteiger charge is 2.08. The number of esters is 1. The van der Waals surface area contributed by atoms with Crippen molar-refractivity contribution in [1.29, 1.82) is 0 Å². The van der Waals surface area contributed by atoms with Crippen LogP contribution in [0.5, 0.6) is 0 Å². The largest absolute Gasteiger partial charge is 0.443 e. The van der Waals surface area contributed by atoms with Gasteiger partial charge in [-0.1, -0.05) is 0 Å². The summed E-state index contributed by atoms with van der Waals surface area (Å²) in [5.41, 5.74) is 5.74. The number of nitrogens with two attached hydrogens (primary N) is 1. The molecule has 0 amide bonds. The van der Waals surface area contributed by atoms with Crippen molar-refractivity contribution in [2.75, 3.05) is 14.1 Å². The molecular weight excluding hydrogens is 156 g/mol. The highest BCUT2D eigenvalue weighted by Crippen LogP contribution is 1.96. The van der Waals surface area contributed by atoms with Crippen LogP contribution in [-0.2, 0) is 9.53 Å². The third-order valence-corrected chi connectivity index (χ3v) is 1.36. The van der Waals surface area contributed by atoms with Crippen LogP contribution in [0, 0.1) is 0 Å². The summed E-state index contributed by atoms with van der Waals surface area (Å²) in [4.78, 5) is 12.8. The molecule has 0 aromatic carbocycles. The van der Waals surface area contributed by atoms with Crippen molar-refractivity contribution in [3.63, 3.8) is 0 Å². The van der Waals surface area contributed by atoms with Gasteiger partial charge in [0.25, 0.3) is 0 Å². The predicted octanol–water partition coefficient (Wildman–Crippen LogP) is 0.300. The standard InChI is InChI=1S/C8H16N2O2/c1-6(9)5-8(11)12-7(2)10(3)4/h5,7H,9H2,1-4H3/b6-5-. The summed E-state index contributed by atoms with van der Waals surface area (Å²) in [5, 5.41) is 0. The molecule has 0 heterocycles. The molecule has 12 heavy (non-hydrogen) atoms. The van der Waals surface area contributed by atoms with Crippen LogP contribution in [0.4, 0.5) is 0 Å². The third kappa shape index (κ3) is 4.73. The Balaban J connectivity index is 3.94. The van der Waals surface area contributed by atoms with Gasteiger partial charge < -0.3 is 10.5 Å². The third-order valence-electron chi connectivity index (χ3n) is 1.36. The van der Waals surface area contributed by atoms with E-state index in [4.69, 9.17) is 10.5 Å². The highest BCUT2D eigenvalue weighted by molar-refractivity contribution is 5.82. The summed E-state index contributed by atoms with van der Waals surface area (Å²) in [6.07, 6.45) is 1.04. The Bertz CT molecular complexity index is 183. The Hall–Kier alpha value is -1.03. The second kappa shape index (κ2) is 4.77. The minimum absolute atomic E-state index is 0.229. The molecule has 0 bridgehead atoms. The van der Waals surface area contributed by atoms with Crippen molar-refractivity contribution in [2.24, 2.45) is 5.73 Å². The van der Waals surface area contributed by atoms with Crippen LogP contribution in [0.3, 0.4) is 0 Å². The average Bonchev–Trinajstić information content (AvgIpc) is 1.84. The Kier molecular flexibility index (Phi) is 4.36. The lowest BCUT2D eigenvalue weighted by atomic mass is 10.4. The van der Waals surface area contributed by atoms with Crippen LogP contribution in [-0.4, -0.2) is 31.2 Å². The van der Waals surface area contributed by atoms with E-state index in [1.54, 1.807) is 18.7 Å². The van der Waals surface area contributed by atoms with E-state index in [0.717, 1.165) is 0 Å². The first-order valence-electron chi connectivity index (χ1n) is 3.74. The fourth-order valence-corrected chi connectivity index (χ4v) is 0.493. The van der Waals surface area contributed by atoms with E-state index in [-0.39, 0.29) is 6.23 Å². The molecule has 0 rings (SSSR count). The smallest absolute Gasteiger partial charge is 0.334 e. The fraction of sp³-hybridized carbons (Fsp3) is 0.625. The van der Waals surface area contributed by atoms with Gasteiger partial charge in [-0.15, -0.1) is 0 Å². The molecule has 0 aliphatic rings. The molecule has 0 aromatic rings. The maximum Gasteiger partial charge on any atom is 0.334 e. The molecule has 1 unspecified atom stereocenters. The molecule has 0 aliphatic carbocycles. The lowest BCUT2D eigenvalue weighted by Gasteiger charge is -2.18. The maximum absolute atomic E-state index is 11.0. The number of hydrogen-bond donors (Lipinski definition) is 1. The van der Waals surface area contributed by atoms with Crippen LogP contribution in [0.2, 0.25) is 0 Å². The number of hydrogen-bond acceptors (Lipinski definition) is 4. The van der Waals surface area contributed by atoms with Gasteiger partial charge in [-0.2, -0.15) is 0 Å². The van der Waals surface area contributed by atoms with Gasteiger partial charge in [0.1, 0.15) is 0 Å². The van der Waals surface area contributed by atoms with Gasteiger partial charge in [0.05, 0.1) is 0 Å². The van der Waals surface area contributed by atoms with Crippen LogP contribution < -0.4 is 5.73 Å². The van der Waals surface area contributed by atoms with Gasteiger partial charge in [0, 0.05) is 11.8 Å². The van der Waals surface area contributed by atoms with Gasteiger partial charge in [-0.25, -0.2) is 4.79 Å². The Morgan fingerprint density at radius 3 is 2.42 bits per heavy atom. The number of allylic oxidation sites excluding steroid dienone is 1. The minimum atomic E-state index is -0.406. The van der Waals surface area contributed by atoms with E-state index < -0.39 is 5.97 Å². The SMILES string of the molecule is C/C(N)=C/C(=O)OC(C)N(C)C. The maximum atomic E-state index is 11.0. The number of ether oxygens (including phenoxy) is 1. The Labute approximate surface area is 73.0 Å². The first-order chi connectivity index (χ1) is 5.43. The summed E-state index contributed by atoms with van der Waals surface area (Å²) in [7, 11) is 3.66. The van der Waals surface area contributed by atoms with E-state index in [1.807, 2.05) is 14.1 Å². The molecule has 1 atom stereocenters. The zero-order valence-electron chi connectivity index (χ0n) is 8.00. The normalized spacial score (nSPS) is 14.6. The lowest BCUT2D eigenvalue weighted by molar-refractivity contribution is -0.149. The fourth-order valence-electron chi connectivity index (χ4n) is 0.493. The Morgan fingerprint density at radius 1 is 1.58 bits per heavy atom. The molecule has 0 saturated carbocycles. The molecule has 2 N–H and O–H groups in total. The van der Waals surface area contributed by atoms with Crippen molar-refractivity contribution < 1.29 is 9.53 Å². The van der Waals surface area contributed by atoms with Crippen LogP contribution in [0.25, 0.3) is 0 Å². The Morgan fingerprint density at radius 2 is 2.08 bits per heavy atom. The minimum Gasteiger partial charge on any atom is -0.443 e. The van der Waals surface area contributed by atoms with Crippen LogP contribution >= 0.6 is 0 Å². The van der Waals surface area contributed by atoms with E-state index in [9.17, 15) is 4.79 Å². The summed E-state index contributed by atoms with van der Waals surface area (Å²) in [6.45, 7) is 3.43. The van der Waals surface area contributed by atoms with Crippen LogP contribution in [0.1, 0.15) is 13.8 Å². The van der Waals surface area contributed by atoms with E-state index in [1.165, 1.54) is 6.08 Å². The summed E-state index contributed by atoms with van der Waals surface area (Å²) in [5.74, 6) is -0.406. The van der Waals surface area contributed by atoms with Gasteiger partial charge in [0.2, 0.25) is 0 Å². The first kappa shape index (κ1) is 11.0. The first-order valence-corrected chi connectivity index (χ1v) is 3.74. The molecular formula is C8H16N2O2. The molecule has 0 fully saturated rings. The molecule has 4 nitrogen and oxygen atoms in total. The zero-order valence-corrected chi connectivity index (χ0v) is 8.00. The lowest BCUT2D eigenvalue weighted by Crippen LogP contribution is -2.29. The highest BCUT2D eigenvalue weighted by atomic mass is 16.6. The second-order valence-electron chi connectivity index (χ2n) is 2.89. The zero-order chi connectivity index (χ0) is 9.72. The monoisotopic (exact) mass is 172 g/mol. The van der Waals surface area contributed by atoms with E-state index in [2.05, 4.69) is 0 Å². The predicted molar refractivity (Wildman–Crippen MR) is 47.2 cm³/mol. The van der Waals surface area contributed by atoms with Gasteiger partial charge in [-0.3, -0.25) is 4.90 Å². The van der Waals surface area contributed by atoms with E-state index in [0.29, 0.717) is 5.70 Å². The van der Waals surface area contributed by atoms with E-state index >= 15 is 0 Å². The van der Waals surface area contributed by atoms with Gasteiger partial charge in [-0.05, 0) is 27.9 Å². The number of rotatable bonds is 3. The molecule has 70 valence electrons. The quantitative estimate of drug-likeness (QED) is 0.378. The topological polar surface area (TPSA) is 55.6 Å². The average molecular weight is 172 g/mol. The number of nitrogens with zero attached hydrogens (tertiary/aromatic N) is 1. The van der Waals surface area contributed by atoms with Gasteiger partial charge >= 0.3 is 5.97 Å². The molecule has 0 aliphatic heterocycles. The molecule has 0 saturated heterocycles. The molecule has 0 spiro atoms. The van der Waals surface area contributed by atoms with Crippen molar-refractivity contribution in [2.45, 2.75) is 20.1 Å². The molecule has 0 radical (unpaired) electrons.